The van der Waals surface area contributed by atoms with Crippen molar-refractivity contribution in [3.8, 4) is 0 Å². The fraction of sp³-hybridized carbons (Fsp3) is 0.667. The van der Waals surface area contributed by atoms with Crippen molar-refractivity contribution < 1.29 is 18.9 Å². The van der Waals surface area contributed by atoms with Crippen LogP contribution in [0, 0.1) is 5.92 Å². The molecular formula is C12H18O4. The zero-order chi connectivity index (χ0) is 11.5. The molecule has 2 aliphatic heterocycles. The van der Waals surface area contributed by atoms with E-state index in [2.05, 4.69) is 13.2 Å². The summed E-state index contributed by atoms with van der Waals surface area (Å²) in [6.07, 6.45) is 3.94. The van der Waals surface area contributed by atoms with Crippen LogP contribution in [0.2, 0.25) is 0 Å². The van der Waals surface area contributed by atoms with Crippen LogP contribution in [0.15, 0.2) is 25.7 Å². The monoisotopic (exact) mass is 226 g/mol. The van der Waals surface area contributed by atoms with Crippen molar-refractivity contribution in [2.75, 3.05) is 13.7 Å². The van der Waals surface area contributed by atoms with Crippen molar-refractivity contribution in [2.45, 2.75) is 30.8 Å². The van der Waals surface area contributed by atoms with E-state index in [0.717, 1.165) is 6.42 Å². The summed E-state index contributed by atoms with van der Waals surface area (Å²) in [5, 5.41) is 0. The SMILES string of the molecule is C=COCC1CC2OC1C(OC=C)C2OC. The maximum Gasteiger partial charge on any atom is 0.153 e. The first-order valence-electron chi connectivity index (χ1n) is 5.49. The molecule has 0 aromatic rings. The fourth-order valence-corrected chi connectivity index (χ4v) is 2.66. The van der Waals surface area contributed by atoms with Gasteiger partial charge in [-0.05, 0) is 6.42 Å². The van der Waals surface area contributed by atoms with E-state index in [1.165, 1.54) is 12.5 Å². The fourth-order valence-electron chi connectivity index (χ4n) is 2.66. The highest BCUT2D eigenvalue weighted by molar-refractivity contribution is 5.03. The first-order chi connectivity index (χ1) is 7.81. The standard InChI is InChI=1S/C12H18O4/c1-4-14-7-8-6-9-11(13-3)12(15-5-2)10(8)16-9/h4-5,8-12H,1-2,6-7H2,3H3. The molecule has 4 nitrogen and oxygen atoms in total. The van der Waals surface area contributed by atoms with Crippen LogP contribution in [0.1, 0.15) is 6.42 Å². The second kappa shape index (κ2) is 4.89. The van der Waals surface area contributed by atoms with Gasteiger partial charge in [0.25, 0.3) is 0 Å². The van der Waals surface area contributed by atoms with Crippen molar-refractivity contribution in [1.82, 2.24) is 0 Å². The molecule has 90 valence electrons. The van der Waals surface area contributed by atoms with Crippen LogP contribution in [0.25, 0.3) is 0 Å². The largest absolute Gasteiger partial charge is 0.501 e. The summed E-state index contributed by atoms with van der Waals surface area (Å²) in [6.45, 7) is 7.74. The summed E-state index contributed by atoms with van der Waals surface area (Å²) in [7, 11) is 1.68. The van der Waals surface area contributed by atoms with Crippen LogP contribution < -0.4 is 0 Å². The lowest BCUT2D eigenvalue weighted by Gasteiger charge is -2.30. The van der Waals surface area contributed by atoms with Crippen molar-refractivity contribution in [3.05, 3.63) is 25.7 Å². The Labute approximate surface area is 95.8 Å². The van der Waals surface area contributed by atoms with E-state index in [4.69, 9.17) is 18.9 Å². The van der Waals surface area contributed by atoms with Gasteiger partial charge in [0.2, 0.25) is 0 Å². The third-order valence-electron chi connectivity index (χ3n) is 3.30. The van der Waals surface area contributed by atoms with Crippen LogP contribution in [0.3, 0.4) is 0 Å². The second-order valence-electron chi connectivity index (χ2n) is 4.10. The van der Waals surface area contributed by atoms with Crippen LogP contribution in [-0.2, 0) is 18.9 Å². The zero-order valence-corrected chi connectivity index (χ0v) is 9.50. The number of methoxy groups -OCH3 is 1. The number of rotatable bonds is 6. The summed E-state index contributed by atoms with van der Waals surface area (Å²) >= 11 is 0. The summed E-state index contributed by atoms with van der Waals surface area (Å²) in [5.74, 6) is 0.347. The summed E-state index contributed by atoms with van der Waals surface area (Å²) in [6, 6.07) is 0. The smallest absolute Gasteiger partial charge is 0.153 e. The average Bonchev–Trinajstić information content (AvgIpc) is 2.84. The molecule has 0 aliphatic carbocycles. The first kappa shape index (κ1) is 11.5. The Hall–Kier alpha value is -1.00. The van der Waals surface area contributed by atoms with Crippen LogP contribution in [0.5, 0.6) is 0 Å². The molecule has 4 heteroatoms. The topological polar surface area (TPSA) is 36.9 Å². The molecule has 0 N–H and O–H groups in total. The Balaban J connectivity index is 2.00. The Kier molecular flexibility index (Phi) is 3.51. The van der Waals surface area contributed by atoms with Crippen molar-refractivity contribution in [1.29, 1.82) is 0 Å². The second-order valence-corrected chi connectivity index (χ2v) is 4.10. The lowest BCUT2D eigenvalue weighted by molar-refractivity contribution is -0.0422. The number of hydrogen-bond donors (Lipinski definition) is 0. The van der Waals surface area contributed by atoms with E-state index in [-0.39, 0.29) is 24.4 Å². The third kappa shape index (κ3) is 1.83. The van der Waals surface area contributed by atoms with Gasteiger partial charge >= 0.3 is 0 Å². The predicted molar refractivity (Wildman–Crippen MR) is 58.8 cm³/mol. The van der Waals surface area contributed by atoms with Crippen LogP contribution in [-0.4, -0.2) is 38.1 Å². The summed E-state index contributed by atoms with van der Waals surface area (Å²) < 4.78 is 22.0. The highest BCUT2D eigenvalue weighted by Gasteiger charge is 2.55. The van der Waals surface area contributed by atoms with E-state index in [1.54, 1.807) is 7.11 Å². The Bertz CT molecular complexity index is 264. The lowest BCUT2D eigenvalue weighted by atomic mass is 9.85. The van der Waals surface area contributed by atoms with Crippen LogP contribution in [0.4, 0.5) is 0 Å². The molecule has 2 saturated heterocycles. The summed E-state index contributed by atoms with van der Waals surface area (Å²) in [4.78, 5) is 0. The van der Waals surface area contributed by atoms with Gasteiger partial charge in [0.1, 0.15) is 12.2 Å². The average molecular weight is 226 g/mol. The van der Waals surface area contributed by atoms with Gasteiger partial charge in [-0.1, -0.05) is 13.2 Å². The third-order valence-corrected chi connectivity index (χ3v) is 3.30. The molecular weight excluding hydrogens is 208 g/mol. The van der Waals surface area contributed by atoms with Gasteiger partial charge in [0.15, 0.2) is 6.10 Å². The van der Waals surface area contributed by atoms with Crippen LogP contribution >= 0.6 is 0 Å². The van der Waals surface area contributed by atoms with E-state index in [1.807, 2.05) is 0 Å². The van der Waals surface area contributed by atoms with Crippen molar-refractivity contribution in [2.24, 2.45) is 5.92 Å². The molecule has 2 heterocycles. The van der Waals surface area contributed by atoms with Gasteiger partial charge in [-0.15, -0.1) is 0 Å². The van der Waals surface area contributed by atoms with Gasteiger partial charge in [0.05, 0.1) is 25.2 Å². The highest BCUT2D eigenvalue weighted by Crippen LogP contribution is 2.42. The quantitative estimate of drug-likeness (QED) is 0.643. The molecule has 5 atom stereocenters. The maximum atomic E-state index is 5.84. The van der Waals surface area contributed by atoms with Crippen molar-refractivity contribution >= 4 is 0 Å². The molecule has 2 rings (SSSR count). The molecule has 2 bridgehead atoms. The Morgan fingerprint density at radius 3 is 2.75 bits per heavy atom. The number of fused-ring (bicyclic) bond motifs is 2. The van der Waals surface area contributed by atoms with Gasteiger partial charge in [-0.25, -0.2) is 0 Å². The predicted octanol–water partition coefficient (Wildman–Crippen LogP) is 1.48. The molecule has 2 fully saturated rings. The molecule has 5 unspecified atom stereocenters. The first-order valence-corrected chi connectivity index (χ1v) is 5.49. The Morgan fingerprint density at radius 2 is 2.12 bits per heavy atom. The maximum absolute atomic E-state index is 5.84. The van der Waals surface area contributed by atoms with E-state index in [9.17, 15) is 0 Å². The minimum Gasteiger partial charge on any atom is -0.501 e. The number of hydrogen-bond acceptors (Lipinski definition) is 4. The zero-order valence-electron chi connectivity index (χ0n) is 9.50. The molecule has 0 amide bonds. The lowest BCUT2D eigenvalue weighted by Crippen LogP contribution is -2.44. The Morgan fingerprint density at radius 1 is 1.31 bits per heavy atom. The van der Waals surface area contributed by atoms with Gasteiger partial charge in [0, 0.05) is 13.0 Å². The molecule has 16 heavy (non-hydrogen) atoms. The van der Waals surface area contributed by atoms with Gasteiger partial charge < -0.3 is 18.9 Å². The minimum atomic E-state index is -0.0698. The molecule has 0 aromatic heterocycles. The molecule has 0 saturated carbocycles. The van der Waals surface area contributed by atoms with Gasteiger partial charge in [-0.2, -0.15) is 0 Å². The van der Waals surface area contributed by atoms with E-state index < -0.39 is 0 Å². The van der Waals surface area contributed by atoms with Gasteiger partial charge in [-0.3, -0.25) is 0 Å². The normalized spacial score (nSPS) is 40.7. The molecule has 2 aliphatic rings. The van der Waals surface area contributed by atoms with E-state index in [0.29, 0.717) is 12.5 Å². The number of ether oxygens (including phenoxy) is 4. The molecule has 0 spiro atoms. The minimum absolute atomic E-state index is 0.00276. The van der Waals surface area contributed by atoms with E-state index >= 15 is 0 Å². The highest BCUT2D eigenvalue weighted by atomic mass is 16.6. The molecule has 0 radical (unpaired) electrons. The molecule has 0 aromatic carbocycles. The van der Waals surface area contributed by atoms with Crippen molar-refractivity contribution in [3.63, 3.8) is 0 Å². The summed E-state index contributed by atoms with van der Waals surface area (Å²) in [5.41, 5.74) is 0.